The van der Waals surface area contributed by atoms with Crippen LogP contribution in [0.15, 0.2) is 36.7 Å². The number of amides is 1. The summed E-state index contributed by atoms with van der Waals surface area (Å²) < 4.78 is 7.96. The van der Waals surface area contributed by atoms with E-state index in [0.29, 0.717) is 30.0 Å². The number of Topliss-reactive ketones (excluding diaryl/α,β-unsaturated/α-hetero) is 1. The summed E-state index contributed by atoms with van der Waals surface area (Å²) in [4.78, 5) is 27.0. The Hall–Kier alpha value is -2.67. The molecule has 1 unspecified atom stereocenters. The summed E-state index contributed by atoms with van der Waals surface area (Å²) in [6, 6.07) is 7.47. The molecule has 1 atom stereocenters. The Bertz CT molecular complexity index is 862. The molecule has 0 aliphatic carbocycles. The number of fused-ring (bicyclic) bond motifs is 1. The summed E-state index contributed by atoms with van der Waals surface area (Å²) in [6.45, 7) is 1.88. The molecule has 7 nitrogen and oxygen atoms in total. The zero-order valence-corrected chi connectivity index (χ0v) is 15.5. The van der Waals surface area contributed by atoms with Crippen molar-refractivity contribution < 1.29 is 14.3 Å². The van der Waals surface area contributed by atoms with E-state index in [4.69, 9.17) is 4.74 Å². The first-order chi connectivity index (χ1) is 13.0. The predicted molar refractivity (Wildman–Crippen MR) is 101 cm³/mol. The topological polar surface area (TPSA) is 76.5 Å². The number of rotatable bonds is 3. The summed E-state index contributed by atoms with van der Waals surface area (Å²) in [7, 11) is 1.81. The van der Waals surface area contributed by atoms with Gasteiger partial charge in [0.15, 0.2) is 5.78 Å². The molecule has 1 aromatic heterocycles. The maximum atomic E-state index is 12.6. The number of benzene rings is 1. The second kappa shape index (κ2) is 7.15. The molecule has 1 aromatic carbocycles. The van der Waals surface area contributed by atoms with Crippen molar-refractivity contribution in [2.24, 2.45) is 7.05 Å². The van der Waals surface area contributed by atoms with Crippen molar-refractivity contribution >= 4 is 17.4 Å². The largest absolute Gasteiger partial charge is 0.486 e. The van der Waals surface area contributed by atoms with Crippen LogP contribution in [-0.2, 0) is 11.8 Å². The Labute approximate surface area is 158 Å². The molecule has 7 heteroatoms. The van der Waals surface area contributed by atoms with Gasteiger partial charge in [-0.1, -0.05) is 12.1 Å². The van der Waals surface area contributed by atoms with Crippen LogP contribution in [0.2, 0.25) is 0 Å². The third-order valence-corrected chi connectivity index (χ3v) is 5.34. The van der Waals surface area contributed by atoms with E-state index >= 15 is 0 Å². The Morgan fingerprint density at radius 2 is 2.15 bits per heavy atom. The van der Waals surface area contributed by atoms with E-state index < -0.39 is 5.60 Å². The van der Waals surface area contributed by atoms with Gasteiger partial charge >= 0.3 is 0 Å². The molecule has 3 heterocycles. The molecule has 1 N–H and O–H groups in total. The smallest absolute Gasteiger partial charge is 0.238 e. The first-order valence-corrected chi connectivity index (χ1v) is 9.35. The fourth-order valence-corrected chi connectivity index (χ4v) is 3.99. The second-order valence-electron chi connectivity index (χ2n) is 7.46. The quantitative estimate of drug-likeness (QED) is 0.899. The highest BCUT2D eigenvalue weighted by Gasteiger charge is 2.41. The maximum Gasteiger partial charge on any atom is 0.238 e. The third-order valence-electron chi connectivity index (χ3n) is 5.34. The number of hydrogen-bond acceptors (Lipinski definition) is 5. The van der Waals surface area contributed by atoms with E-state index in [1.165, 1.54) is 0 Å². The van der Waals surface area contributed by atoms with Gasteiger partial charge in [-0.25, -0.2) is 0 Å². The predicted octanol–water partition coefficient (Wildman–Crippen LogP) is 2.25. The van der Waals surface area contributed by atoms with Crippen molar-refractivity contribution in [2.75, 3.05) is 25.0 Å². The maximum absolute atomic E-state index is 12.6. The summed E-state index contributed by atoms with van der Waals surface area (Å²) in [5.41, 5.74) is 0.937. The molecular weight excluding hydrogens is 344 g/mol. The molecule has 0 saturated carbocycles. The number of anilines is 1. The van der Waals surface area contributed by atoms with Gasteiger partial charge < -0.3 is 10.1 Å². The minimum atomic E-state index is -0.444. The van der Waals surface area contributed by atoms with Gasteiger partial charge in [0.25, 0.3) is 0 Å². The Morgan fingerprint density at radius 1 is 1.30 bits per heavy atom. The lowest BCUT2D eigenvalue weighted by atomic mass is 9.84. The van der Waals surface area contributed by atoms with Gasteiger partial charge in [-0.15, -0.1) is 0 Å². The van der Waals surface area contributed by atoms with E-state index in [-0.39, 0.29) is 11.7 Å². The lowest BCUT2D eigenvalue weighted by Gasteiger charge is -2.37. The van der Waals surface area contributed by atoms with Crippen LogP contribution in [0.25, 0.3) is 0 Å². The van der Waals surface area contributed by atoms with Gasteiger partial charge in [0, 0.05) is 26.2 Å². The fourth-order valence-electron chi connectivity index (χ4n) is 3.99. The zero-order chi connectivity index (χ0) is 18.9. The molecule has 2 aliphatic heterocycles. The van der Waals surface area contributed by atoms with Crippen LogP contribution in [0.4, 0.5) is 5.69 Å². The van der Waals surface area contributed by atoms with Crippen molar-refractivity contribution in [2.45, 2.75) is 31.3 Å². The first-order valence-electron chi connectivity index (χ1n) is 9.35. The number of ether oxygens (including phenoxy) is 1. The van der Waals surface area contributed by atoms with Gasteiger partial charge in [-0.3, -0.25) is 19.2 Å². The van der Waals surface area contributed by atoms with Crippen LogP contribution in [-0.4, -0.2) is 51.6 Å². The van der Waals surface area contributed by atoms with Gasteiger partial charge in [-0.2, -0.15) is 5.10 Å². The molecular formula is C20H24N4O3. The SMILES string of the molecule is Cn1cc(NC(=O)CN2CCCC3(CC2)CC(=O)c2ccccc2O3)cn1. The number of likely N-dealkylation sites (tertiary alicyclic amines) is 1. The Kier molecular flexibility index (Phi) is 4.70. The summed E-state index contributed by atoms with van der Waals surface area (Å²) in [5.74, 6) is 0.793. The highest BCUT2D eigenvalue weighted by atomic mass is 16.5. The molecule has 2 aromatic rings. The van der Waals surface area contributed by atoms with Gasteiger partial charge in [0.2, 0.25) is 5.91 Å². The normalized spacial score (nSPS) is 22.8. The second-order valence-corrected chi connectivity index (χ2v) is 7.46. The zero-order valence-electron chi connectivity index (χ0n) is 15.5. The Morgan fingerprint density at radius 3 is 2.96 bits per heavy atom. The summed E-state index contributed by atoms with van der Waals surface area (Å²) in [5, 5.41) is 6.93. The van der Waals surface area contributed by atoms with Crippen LogP contribution in [0.5, 0.6) is 5.75 Å². The van der Waals surface area contributed by atoms with E-state index in [9.17, 15) is 9.59 Å². The number of aryl methyl sites for hydroxylation is 1. The lowest BCUT2D eigenvalue weighted by molar-refractivity contribution is -0.117. The van der Waals surface area contributed by atoms with E-state index in [1.807, 2.05) is 31.3 Å². The van der Waals surface area contributed by atoms with E-state index in [1.54, 1.807) is 17.1 Å². The summed E-state index contributed by atoms with van der Waals surface area (Å²) >= 11 is 0. The molecule has 0 bridgehead atoms. The number of para-hydroxylation sites is 1. The van der Waals surface area contributed by atoms with Crippen LogP contribution in [0, 0.1) is 0 Å². The number of nitrogens with one attached hydrogen (secondary N) is 1. The van der Waals surface area contributed by atoms with Crippen molar-refractivity contribution in [3.63, 3.8) is 0 Å². The molecule has 1 amide bonds. The fraction of sp³-hybridized carbons (Fsp3) is 0.450. The van der Waals surface area contributed by atoms with Crippen molar-refractivity contribution in [1.82, 2.24) is 14.7 Å². The number of carbonyl (C=O) groups is 2. The highest BCUT2D eigenvalue weighted by molar-refractivity contribution is 6.00. The average molecular weight is 368 g/mol. The number of carbonyl (C=O) groups excluding carboxylic acids is 2. The minimum absolute atomic E-state index is 0.0510. The molecule has 1 spiro atoms. The molecule has 0 radical (unpaired) electrons. The van der Waals surface area contributed by atoms with Gasteiger partial charge in [0.05, 0.1) is 30.4 Å². The number of nitrogens with zero attached hydrogens (tertiary/aromatic N) is 3. The highest BCUT2D eigenvalue weighted by Crippen LogP contribution is 2.39. The third kappa shape index (κ3) is 3.88. The minimum Gasteiger partial charge on any atom is -0.486 e. The Balaban J connectivity index is 1.38. The van der Waals surface area contributed by atoms with Crippen LogP contribution < -0.4 is 10.1 Å². The van der Waals surface area contributed by atoms with Crippen molar-refractivity contribution in [3.8, 4) is 5.75 Å². The van der Waals surface area contributed by atoms with Gasteiger partial charge in [0.1, 0.15) is 11.4 Å². The van der Waals surface area contributed by atoms with Gasteiger partial charge in [-0.05, 0) is 31.5 Å². The molecule has 4 rings (SSSR count). The molecule has 2 aliphatic rings. The van der Waals surface area contributed by atoms with E-state index in [2.05, 4.69) is 15.3 Å². The number of hydrogen-bond donors (Lipinski definition) is 1. The van der Waals surface area contributed by atoms with Crippen LogP contribution >= 0.6 is 0 Å². The monoisotopic (exact) mass is 368 g/mol. The lowest BCUT2D eigenvalue weighted by Crippen LogP contribution is -2.43. The molecule has 1 fully saturated rings. The first kappa shape index (κ1) is 17.7. The van der Waals surface area contributed by atoms with Crippen LogP contribution in [0.3, 0.4) is 0 Å². The van der Waals surface area contributed by atoms with E-state index in [0.717, 1.165) is 32.4 Å². The average Bonchev–Trinajstić information content (AvgIpc) is 2.94. The van der Waals surface area contributed by atoms with Crippen molar-refractivity contribution in [3.05, 3.63) is 42.2 Å². The molecule has 1 saturated heterocycles. The molecule has 142 valence electrons. The standard InChI is InChI=1S/C20H24N4O3/c1-23-13-15(12-21-23)22-19(26)14-24-9-4-7-20(8-10-24)11-17(25)16-5-2-3-6-18(16)27-20/h2-3,5-6,12-13H,4,7-11,14H2,1H3,(H,22,26). The van der Waals surface area contributed by atoms with Crippen molar-refractivity contribution in [1.29, 1.82) is 0 Å². The summed E-state index contributed by atoms with van der Waals surface area (Å²) in [6.07, 6.45) is 6.29. The number of aromatic nitrogens is 2. The molecule has 27 heavy (non-hydrogen) atoms. The number of ketones is 1. The van der Waals surface area contributed by atoms with Crippen LogP contribution in [0.1, 0.15) is 36.0 Å².